The van der Waals surface area contributed by atoms with Crippen LogP contribution in [0.25, 0.3) is 11.4 Å². The molecule has 5 aromatic rings. The molecule has 1 aromatic heterocycles. The number of benzene rings is 4. The highest BCUT2D eigenvalue weighted by atomic mass is 32.2. The van der Waals surface area contributed by atoms with Gasteiger partial charge in [0, 0.05) is 45.3 Å². The quantitative estimate of drug-likeness (QED) is 0.133. The molecule has 21 heteroatoms. The molecule has 3 heterocycles. The topological polar surface area (TPSA) is 217 Å². The SMILES string of the molecule is COc1ccc(CN(Cc2ccc(OC)cc2)S(=O)(=O)c2c(S(=O)(=O)NC3CCN(C(=O)OC(C)(C)C)C3)ccc(N3CCCNC3=O)c2-c2nnn(Cc3ccc(OC)cc3)n2)cc1. The Bertz CT molecular complexity index is 2660. The molecule has 2 aliphatic heterocycles. The summed E-state index contributed by atoms with van der Waals surface area (Å²) in [7, 11) is -5.13. The predicted octanol–water partition coefficient (Wildman–Crippen LogP) is 5.01. The Morgan fingerprint density at radius 3 is 1.92 bits per heavy atom. The van der Waals surface area contributed by atoms with E-state index in [0.29, 0.717) is 41.3 Å². The summed E-state index contributed by atoms with van der Waals surface area (Å²) in [5.74, 6) is 1.49. The summed E-state index contributed by atoms with van der Waals surface area (Å²) in [5.41, 5.74) is 0.915. The average Bonchev–Trinajstić information content (AvgIpc) is 3.96. The van der Waals surface area contributed by atoms with Gasteiger partial charge in [-0.2, -0.15) is 9.10 Å². The number of carbonyl (C=O) groups is 2. The van der Waals surface area contributed by atoms with Crippen LogP contribution in [0.15, 0.2) is 94.7 Å². The van der Waals surface area contributed by atoms with Crippen molar-refractivity contribution in [2.75, 3.05) is 52.4 Å². The molecule has 2 fully saturated rings. The van der Waals surface area contributed by atoms with E-state index in [-0.39, 0.29) is 62.8 Å². The van der Waals surface area contributed by atoms with E-state index in [4.69, 9.17) is 18.9 Å². The number of hydrogen-bond acceptors (Lipinski definition) is 13. The Morgan fingerprint density at radius 1 is 0.815 bits per heavy atom. The summed E-state index contributed by atoms with van der Waals surface area (Å²) in [6, 6.07) is 22.0. The van der Waals surface area contributed by atoms with Crippen LogP contribution in [0.4, 0.5) is 15.3 Å². The maximum Gasteiger partial charge on any atom is 0.410 e. The normalized spacial score (nSPS) is 15.8. The smallest absolute Gasteiger partial charge is 0.410 e. The van der Waals surface area contributed by atoms with Gasteiger partial charge in [-0.1, -0.05) is 36.4 Å². The van der Waals surface area contributed by atoms with Crippen LogP contribution in [0, 0.1) is 0 Å². The monoisotopic (exact) mass is 931 g/mol. The molecule has 2 N–H and O–H groups in total. The van der Waals surface area contributed by atoms with E-state index in [0.717, 1.165) is 9.87 Å². The molecule has 1 atom stereocenters. The van der Waals surface area contributed by atoms with Gasteiger partial charge in [-0.3, -0.25) is 4.90 Å². The summed E-state index contributed by atoms with van der Waals surface area (Å²) < 4.78 is 87.2. The number of likely N-dealkylation sites (tertiary alicyclic amines) is 1. The van der Waals surface area contributed by atoms with Crippen LogP contribution in [-0.2, 0) is 44.4 Å². The Hall–Kier alpha value is -6.29. The molecule has 0 aliphatic carbocycles. The van der Waals surface area contributed by atoms with E-state index in [1.54, 1.807) is 88.5 Å². The lowest BCUT2D eigenvalue weighted by Crippen LogP contribution is -2.47. The first-order valence-electron chi connectivity index (χ1n) is 20.9. The standard InChI is InChI=1S/C44H53N9O10S2/c1-44(2,3)63-43(55)50-25-22-33(29-50)48-64(56,57)38-21-20-37(52-24-7-23-45-42(52)54)39(41-46-49-53(47-41)28-32-12-18-36(62-6)19-13-32)40(38)65(58,59)51(26-30-8-14-34(60-4)15-9-30)27-31-10-16-35(61-5)17-11-31/h8-21,33,48H,7,22-29H2,1-6H3,(H,45,54). The second kappa shape index (κ2) is 19.4. The van der Waals surface area contributed by atoms with Gasteiger partial charge < -0.3 is 29.2 Å². The number of rotatable bonds is 16. The lowest BCUT2D eigenvalue weighted by molar-refractivity contribution is 0.0291. The van der Waals surface area contributed by atoms with E-state index in [2.05, 4.69) is 25.4 Å². The maximum atomic E-state index is 15.9. The zero-order chi connectivity index (χ0) is 46.5. The molecule has 0 radical (unpaired) electrons. The highest BCUT2D eigenvalue weighted by Gasteiger charge is 2.41. The van der Waals surface area contributed by atoms with Gasteiger partial charge >= 0.3 is 12.1 Å². The summed E-state index contributed by atoms with van der Waals surface area (Å²) >= 11 is 0. The van der Waals surface area contributed by atoms with Gasteiger partial charge in [0.05, 0.1) is 39.1 Å². The number of urea groups is 1. The molecular formula is C44H53N9O10S2. The molecule has 2 aliphatic rings. The van der Waals surface area contributed by atoms with E-state index in [1.807, 2.05) is 12.1 Å². The van der Waals surface area contributed by atoms with Gasteiger partial charge in [0.1, 0.15) is 32.6 Å². The molecule has 0 spiro atoms. The Balaban J connectivity index is 1.41. The Labute approximate surface area is 378 Å². The van der Waals surface area contributed by atoms with E-state index < -0.39 is 53.6 Å². The van der Waals surface area contributed by atoms with Crippen LogP contribution in [0.3, 0.4) is 0 Å². The minimum atomic E-state index is -4.96. The number of nitrogens with zero attached hydrogens (tertiary/aromatic N) is 7. The van der Waals surface area contributed by atoms with Crippen molar-refractivity contribution in [3.8, 4) is 28.6 Å². The first kappa shape index (κ1) is 46.7. The molecular weight excluding hydrogens is 879 g/mol. The molecule has 7 rings (SSSR count). The number of tetrazole rings is 1. The average molecular weight is 932 g/mol. The van der Waals surface area contributed by atoms with Crippen LogP contribution in [0.2, 0.25) is 0 Å². The third kappa shape index (κ3) is 11.0. The number of sulfonamides is 2. The number of amides is 3. The van der Waals surface area contributed by atoms with Gasteiger partial charge in [0.25, 0.3) is 0 Å². The van der Waals surface area contributed by atoms with Crippen molar-refractivity contribution < 1.29 is 45.4 Å². The fourth-order valence-electron chi connectivity index (χ4n) is 7.48. The fraction of sp³-hybridized carbons (Fsp3) is 0.386. The Morgan fingerprint density at radius 2 is 1.38 bits per heavy atom. The molecule has 346 valence electrons. The van der Waals surface area contributed by atoms with Gasteiger partial charge in [0.15, 0.2) is 0 Å². The second-order valence-corrected chi connectivity index (χ2v) is 20.1. The molecule has 1 unspecified atom stereocenters. The predicted molar refractivity (Wildman–Crippen MR) is 240 cm³/mol. The number of nitrogens with one attached hydrogen (secondary N) is 2. The number of hydrogen-bond donors (Lipinski definition) is 2. The van der Waals surface area contributed by atoms with Crippen molar-refractivity contribution in [1.82, 2.24) is 39.5 Å². The number of anilines is 1. The minimum Gasteiger partial charge on any atom is -0.497 e. The van der Waals surface area contributed by atoms with Gasteiger partial charge in [0.2, 0.25) is 25.9 Å². The van der Waals surface area contributed by atoms with Crippen molar-refractivity contribution in [3.05, 3.63) is 102 Å². The highest BCUT2D eigenvalue weighted by Crippen LogP contribution is 2.42. The van der Waals surface area contributed by atoms with E-state index >= 15 is 8.42 Å². The molecule has 0 bridgehead atoms. The summed E-state index contributed by atoms with van der Waals surface area (Å²) in [6.45, 7) is 5.58. The largest absolute Gasteiger partial charge is 0.497 e. The minimum absolute atomic E-state index is 0.0303. The van der Waals surface area contributed by atoms with Crippen molar-refractivity contribution in [1.29, 1.82) is 0 Å². The second-order valence-electron chi connectivity index (χ2n) is 16.5. The molecule has 65 heavy (non-hydrogen) atoms. The van der Waals surface area contributed by atoms with Crippen LogP contribution >= 0.6 is 0 Å². The molecule has 3 amide bonds. The zero-order valence-electron chi connectivity index (χ0n) is 37.1. The van der Waals surface area contributed by atoms with Crippen molar-refractivity contribution in [3.63, 3.8) is 0 Å². The fourth-order valence-corrected chi connectivity index (χ4v) is 11.2. The third-order valence-electron chi connectivity index (χ3n) is 10.7. The first-order chi connectivity index (χ1) is 31.0. The van der Waals surface area contributed by atoms with Gasteiger partial charge in [-0.25, -0.2) is 31.1 Å². The van der Waals surface area contributed by atoms with E-state index in [9.17, 15) is 18.0 Å². The Kier molecular flexibility index (Phi) is 14.0. The third-order valence-corrected chi connectivity index (χ3v) is 14.3. The molecule has 0 saturated carbocycles. The number of aromatic nitrogens is 4. The first-order valence-corrected chi connectivity index (χ1v) is 23.8. The van der Waals surface area contributed by atoms with Crippen LogP contribution in [0.5, 0.6) is 17.2 Å². The number of methoxy groups -OCH3 is 3. The van der Waals surface area contributed by atoms with Crippen molar-refractivity contribution in [2.45, 2.75) is 74.7 Å². The summed E-state index contributed by atoms with van der Waals surface area (Å²) in [4.78, 5) is 29.3. The number of carbonyl (C=O) groups excluding carboxylic acids is 2. The number of ether oxygens (including phenoxy) is 4. The summed E-state index contributed by atoms with van der Waals surface area (Å²) in [6.07, 6.45) is 0.121. The maximum absolute atomic E-state index is 15.9. The van der Waals surface area contributed by atoms with Crippen molar-refractivity contribution >= 4 is 37.9 Å². The molecule has 4 aromatic carbocycles. The van der Waals surface area contributed by atoms with Crippen LogP contribution in [-0.4, -0.2) is 118 Å². The van der Waals surface area contributed by atoms with Crippen LogP contribution in [0.1, 0.15) is 50.3 Å². The zero-order valence-corrected chi connectivity index (χ0v) is 38.7. The van der Waals surface area contributed by atoms with Gasteiger partial charge in [-0.15, -0.1) is 10.2 Å². The summed E-state index contributed by atoms with van der Waals surface area (Å²) in [5, 5.41) is 16.1. The van der Waals surface area contributed by atoms with Crippen molar-refractivity contribution in [2.24, 2.45) is 0 Å². The molecule has 19 nitrogen and oxygen atoms in total. The van der Waals surface area contributed by atoms with E-state index in [1.165, 1.54) is 40.9 Å². The lowest BCUT2D eigenvalue weighted by atomic mass is 10.1. The highest BCUT2D eigenvalue weighted by molar-refractivity contribution is 7.92. The lowest BCUT2D eigenvalue weighted by Gasteiger charge is -2.31. The van der Waals surface area contributed by atoms with Gasteiger partial charge in [-0.05, 0) is 104 Å². The molecule has 2 saturated heterocycles. The van der Waals surface area contributed by atoms with Crippen LogP contribution < -0.4 is 29.1 Å².